The fourth-order valence-corrected chi connectivity index (χ4v) is 4.04. The summed E-state index contributed by atoms with van der Waals surface area (Å²) in [5.41, 5.74) is 2.87. The molecule has 24 heavy (non-hydrogen) atoms. The molecule has 0 radical (unpaired) electrons. The van der Waals surface area contributed by atoms with Gasteiger partial charge >= 0.3 is 0 Å². The second-order valence-corrected chi connectivity index (χ2v) is 7.86. The topological polar surface area (TPSA) is 62.3 Å². The van der Waals surface area contributed by atoms with Gasteiger partial charge in [0, 0.05) is 32.0 Å². The summed E-state index contributed by atoms with van der Waals surface area (Å²) in [6.45, 7) is 3.54. The average Bonchev–Trinajstić information content (AvgIpc) is 2.62. The fraction of sp³-hybridized carbons (Fsp3) is 0.389. The fourth-order valence-electron chi connectivity index (χ4n) is 3.00. The second kappa shape index (κ2) is 7.88. The first-order chi connectivity index (χ1) is 11.6. The van der Waals surface area contributed by atoms with Gasteiger partial charge in [-0.1, -0.05) is 24.3 Å². The summed E-state index contributed by atoms with van der Waals surface area (Å²) >= 11 is 0. The SMILES string of the molecule is O=S(=O)(NCCCCN1CCc2ccccc2C1)c1cccnc1. The van der Waals surface area contributed by atoms with E-state index >= 15 is 0 Å². The largest absolute Gasteiger partial charge is 0.299 e. The quantitative estimate of drug-likeness (QED) is 0.782. The number of unbranched alkanes of at least 4 members (excludes halogenated alkanes) is 1. The van der Waals surface area contributed by atoms with Crippen LogP contribution in [0.15, 0.2) is 53.7 Å². The van der Waals surface area contributed by atoms with Gasteiger partial charge in [0.05, 0.1) is 0 Å². The predicted octanol–water partition coefficient (Wildman–Crippen LogP) is 2.20. The molecule has 1 aromatic carbocycles. The Morgan fingerprint density at radius 1 is 1.08 bits per heavy atom. The Kier molecular flexibility index (Phi) is 5.60. The van der Waals surface area contributed by atoms with Gasteiger partial charge in [0.2, 0.25) is 10.0 Å². The maximum Gasteiger partial charge on any atom is 0.242 e. The zero-order chi connectivity index (χ0) is 16.8. The number of pyridine rings is 1. The molecule has 1 aliphatic rings. The lowest BCUT2D eigenvalue weighted by molar-refractivity contribution is 0.249. The standard InChI is InChI=1S/C18H23N3O2S/c22-24(23,18-8-5-10-19-14-18)20-11-3-4-12-21-13-9-16-6-1-2-7-17(16)15-21/h1-2,5-8,10,14,20H,3-4,9,11-13,15H2. The highest BCUT2D eigenvalue weighted by molar-refractivity contribution is 7.89. The first-order valence-corrected chi connectivity index (χ1v) is 9.82. The van der Waals surface area contributed by atoms with Crippen molar-refractivity contribution >= 4 is 10.0 Å². The lowest BCUT2D eigenvalue weighted by Crippen LogP contribution is -2.32. The van der Waals surface area contributed by atoms with Gasteiger partial charge in [0.15, 0.2) is 0 Å². The number of hydrogen-bond donors (Lipinski definition) is 1. The van der Waals surface area contributed by atoms with Crippen LogP contribution in [-0.4, -0.2) is 37.9 Å². The number of fused-ring (bicyclic) bond motifs is 1. The molecule has 0 aliphatic carbocycles. The molecule has 1 aliphatic heterocycles. The molecule has 3 rings (SSSR count). The molecule has 0 bridgehead atoms. The Labute approximate surface area is 143 Å². The number of hydrogen-bond acceptors (Lipinski definition) is 4. The van der Waals surface area contributed by atoms with Gasteiger partial charge in [0.25, 0.3) is 0 Å². The van der Waals surface area contributed by atoms with Crippen LogP contribution < -0.4 is 4.72 Å². The molecule has 0 saturated heterocycles. The van der Waals surface area contributed by atoms with Crippen LogP contribution in [0.4, 0.5) is 0 Å². The Balaban J connectivity index is 1.39. The normalized spacial score (nSPS) is 15.2. The molecule has 128 valence electrons. The molecule has 2 heterocycles. The van der Waals surface area contributed by atoms with E-state index in [9.17, 15) is 8.42 Å². The number of nitrogens with zero attached hydrogens (tertiary/aromatic N) is 2. The van der Waals surface area contributed by atoms with Crippen LogP contribution in [0.25, 0.3) is 0 Å². The number of rotatable bonds is 7. The molecule has 0 saturated carbocycles. The second-order valence-electron chi connectivity index (χ2n) is 6.09. The number of nitrogens with one attached hydrogen (secondary N) is 1. The third kappa shape index (κ3) is 4.41. The van der Waals surface area contributed by atoms with Gasteiger partial charge in [-0.25, -0.2) is 13.1 Å². The van der Waals surface area contributed by atoms with Gasteiger partial charge in [0.1, 0.15) is 4.90 Å². The Morgan fingerprint density at radius 3 is 2.71 bits per heavy atom. The lowest BCUT2D eigenvalue weighted by atomic mass is 10.00. The van der Waals surface area contributed by atoms with E-state index in [1.165, 1.54) is 17.3 Å². The Hall–Kier alpha value is -1.76. The third-order valence-corrected chi connectivity index (χ3v) is 5.79. The lowest BCUT2D eigenvalue weighted by Gasteiger charge is -2.28. The van der Waals surface area contributed by atoms with E-state index in [-0.39, 0.29) is 4.90 Å². The predicted molar refractivity (Wildman–Crippen MR) is 94.1 cm³/mol. The van der Waals surface area contributed by atoms with Gasteiger partial charge in [-0.05, 0) is 49.1 Å². The van der Waals surface area contributed by atoms with Crippen molar-refractivity contribution in [2.75, 3.05) is 19.6 Å². The molecular formula is C18H23N3O2S. The summed E-state index contributed by atoms with van der Waals surface area (Å²) in [7, 11) is -3.43. The molecule has 6 heteroatoms. The summed E-state index contributed by atoms with van der Waals surface area (Å²) in [5, 5.41) is 0. The van der Waals surface area contributed by atoms with Crippen LogP contribution >= 0.6 is 0 Å². The zero-order valence-corrected chi connectivity index (χ0v) is 14.5. The van der Waals surface area contributed by atoms with Gasteiger partial charge in [-0.2, -0.15) is 0 Å². The van der Waals surface area contributed by atoms with E-state index in [4.69, 9.17) is 0 Å². The van der Waals surface area contributed by atoms with Crippen LogP contribution in [0, 0.1) is 0 Å². The molecular weight excluding hydrogens is 322 g/mol. The minimum atomic E-state index is -3.43. The first-order valence-electron chi connectivity index (χ1n) is 8.34. The molecule has 0 spiro atoms. The molecule has 0 fully saturated rings. The molecule has 2 aromatic rings. The van der Waals surface area contributed by atoms with Crippen molar-refractivity contribution in [3.63, 3.8) is 0 Å². The molecule has 5 nitrogen and oxygen atoms in total. The van der Waals surface area contributed by atoms with Gasteiger partial charge < -0.3 is 0 Å². The van der Waals surface area contributed by atoms with Crippen molar-refractivity contribution in [1.82, 2.24) is 14.6 Å². The Bertz CT molecular complexity index is 763. The third-order valence-electron chi connectivity index (χ3n) is 4.35. The van der Waals surface area contributed by atoms with Crippen LogP contribution in [-0.2, 0) is 23.0 Å². The van der Waals surface area contributed by atoms with Crippen LogP contribution in [0.3, 0.4) is 0 Å². The summed E-state index contributed by atoms with van der Waals surface area (Å²) < 4.78 is 26.8. The molecule has 1 aromatic heterocycles. The van der Waals surface area contributed by atoms with Crippen LogP contribution in [0.2, 0.25) is 0 Å². The maximum absolute atomic E-state index is 12.1. The van der Waals surface area contributed by atoms with Gasteiger partial charge in [-0.3, -0.25) is 9.88 Å². The molecule has 1 N–H and O–H groups in total. The maximum atomic E-state index is 12.1. The molecule has 0 amide bonds. The van der Waals surface area contributed by atoms with E-state index in [0.717, 1.165) is 38.9 Å². The van der Waals surface area contributed by atoms with E-state index < -0.39 is 10.0 Å². The highest BCUT2D eigenvalue weighted by atomic mass is 32.2. The molecule has 0 unspecified atom stereocenters. The van der Waals surface area contributed by atoms with Crippen molar-refractivity contribution in [3.05, 3.63) is 59.9 Å². The van der Waals surface area contributed by atoms with Crippen molar-refractivity contribution in [3.8, 4) is 0 Å². The monoisotopic (exact) mass is 345 g/mol. The summed E-state index contributed by atoms with van der Waals surface area (Å²) in [6.07, 6.45) is 5.85. The highest BCUT2D eigenvalue weighted by Crippen LogP contribution is 2.18. The minimum absolute atomic E-state index is 0.220. The number of benzene rings is 1. The molecule has 0 atom stereocenters. The number of aromatic nitrogens is 1. The smallest absolute Gasteiger partial charge is 0.242 e. The van der Waals surface area contributed by atoms with Crippen molar-refractivity contribution in [2.45, 2.75) is 30.7 Å². The highest BCUT2D eigenvalue weighted by Gasteiger charge is 2.15. The Morgan fingerprint density at radius 2 is 1.92 bits per heavy atom. The van der Waals surface area contributed by atoms with Crippen molar-refractivity contribution in [1.29, 1.82) is 0 Å². The van der Waals surface area contributed by atoms with Crippen molar-refractivity contribution < 1.29 is 8.42 Å². The average molecular weight is 345 g/mol. The van der Waals surface area contributed by atoms with E-state index in [1.807, 2.05) is 0 Å². The van der Waals surface area contributed by atoms with Crippen LogP contribution in [0.1, 0.15) is 24.0 Å². The summed E-state index contributed by atoms with van der Waals surface area (Å²) in [6, 6.07) is 11.8. The summed E-state index contributed by atoms with van der Waals surface area (Å²) in [5.74, 6) is 0. The minimum Gasteiger partial charge on any atom is -0.299 e. The van der Waals surface area contributed by atoms with Crippen molar-refractivity contribution in [2.24, 2.45) is 0 Å². The first kappa shape index (κ1) is 17.1. The number of sulfonamides is 1. The summed E-state index contributed by atoms with van der Waals surface area (Å²) in [4.78, 5) is 6.51. The van der Waals surface area contributed by atoms with E-state index in [0.29, 0.717) is 6.54 Å². The van der Waals surface area contributed by atoms with Gasteiger partial charge in [-0.15, -0.1) is 0 Å². The van der Waals surface area contributed by atoms with E-state index in [2.05, 4.69) is 38.9 Å². The van der Waals surface area contributed by atoms with E-state index in [1.54, 1.807) is 18.3 Å². The van der Waals surface area contributed by atoms with Crippen LogP contribution in [0.5, 0.6) is 0 Å². The zero-order valence-electron chi connectivity index (χ0n) is 13.7.